The van der Waals surface area contributed by atoms with Crippen molar-refractivity contribution in [3.63, 3.8) is 0 Å². The number of carbonyl (C=O) groups is 2. The second-order valence-electron chi connectivity index (χ2n) is 5.71. The molecule has 5 nitrogen and oxygen atoms in total. The first-order valence-corrected chi connectivity index (χ1v) is 7.17. The Labute approximate surface area is 113 Å². The standard InChI is InChI=1S/C14H23NO4/c1-19-10-7-6-9(8-10)15-13(16)11-4-2-3-5-12(11)14(17)18/h9-12H,2-8H2,1H3,(H,15,16)(H,17,18). The molecule has 0 aromatic carbocycles. The molecule has 0 aliphatic heterocycles. The molecule has 0 saturated heterocycles. The third-order valence-corrected chi connectivity index (χ3v) is 4.48. The normalized spacial score (nSPS) is 35.0. The van der Waals surface area contributed by atoms with E-state index in [2.05, 4.69) is 5.32 Å². The van der Waals surface area contributed by atoms with Crippen molar-refractivity contribution in [1.82, 2.24) is 5.32 Å². The van der Waals surface area contributed by atoms with Gasteiger partial charge in [0.1, 0.15) is 0 Å². The van der Waals surface area contributed by atoms with Crippen molar-refractivity contribution in [1.29, 1.82) is 0 Å². The lowest BCUT2D eigenvalue weighted by Gasteiger charge is -2.28. The third kappa shape index (κ3) is 3.47. The molecule has 4 atom stereocenters. The van der Waals surface area contributed by atoms with Gasteiger partial charge in [0.25, 0.3) is 0 Å². The molecule has 0 bridgehead atoms. The Morgan fingerprint density at radius 3 is 2.37 bits per heavy atom. The summed E-state index contributed by atoms with van der Waals surface area (Å²) in [6, 6.07) is 0.147. The van der Waals surface area contributed by atoms with E-state index in [1.54, 1.807) is 7.11 Å². The van der Waals surface area contributed by atoms with Gasteiger partial charge in [-0.15, -0.1) is 0 Å². The number of hydrogen-bond acceptors (Lipinski definition) is 3. The fraction of sp³-hybridized carbons (Fsp3) is 0.857. The highest BCUT2D eigenvalue weighted by atomic mass is 16.5. The number of carboxylic acid groups (broad SMARTS) is 1. The quantitative estimate of drug-likeness (QED) is 0.812. The van der Waals surface area contributed by atoms with Crippen LogP contribution in [0.2, 0.25) is 0 Å². The lowest BCUT2D eigenvalue weighted by Crippen LogP contribution is -2.43. The maximum atomic E-state index is 12.2. The van der Waals surface area contributed by atoms with Crippen LogP contribution in [0.1, 0.15) is 44.9 Å². The predicted molar refractivity (Wildman–Crippen MR) is 69.7 cm³/mol. The summed E-state index contributed by atoms with van der Waals surface area (Å²) in [5.41, 5.74) is 0. The van der Waals surface area contributed by atoms with Crippen molar-refractivity contribution in [2.24, 2.45) is 11.8 Å². The number of amides is 1. The fourth-order valence-electron chi connectivity index (χ4n) is 3.33. The fourth-order valence-corrected chi connectivity index (χ4v) is 3.33. The number of rotatable bonds is 4. The van der Waals surface area contributed by atoms with E-state index in [9.17, 15) is 14.7 Å². The smallest absolute Gasteiger partial charge is 0.307 e. The topological polar surface area (TPSA) is 75.6 Å². The SMILES string of the molecule is COC1CCC(NC(=O)C2CCCCC2C(=O)O)C1. The summed E-state index contributed by atoms with van der Waals surface area (Å²) in [4.78, 5) is 23.5. The summed E-state index contributed by atoms with van der Waals surface area (Å²) < 4.78 is 5.28. The Bertz CT molecular complexity index is 344. The van der Waals surface area contributed by atoms with Gasteiger partial charge in [-0.3, -0.25) is 9.59 Å². The molecule has 0 spiro atoms. The highest BCUT2D eigenvalue weighted by molar-refractivity contribution is 5.85. The minimum absolute atomic E-state index is 0.0751. The molecule has 2 fully saturated rings. The average molecular weight is 269 g/mol. The van der Waals surface area contributed by atoms with Gasteiger partial charge in [-0.05, 0) is 32.1 Å². The van der Waals surface area contributed by atoms with E-state index in [-0.39, 0.29) is 24.0 Å². The van der Waals surface area contributed by atoms with Gasteiger partial charge in [0.05, 0.1) is 17.9 Å². The van der Waals surface area contributed by atoms with Crippen LogP contribution in [-0.4, -0.2) is 36.2 Å². The highest BCUT2D eigenvalue weighted by Gasteiger charge is 2.37. The minimum atomic E-state index is -0.832. The van der Waals surface area contributed by atoms with Crippen LogP contribution < -0.4 is 5.32 Å². The molecule has 2 saturated carbocycles. The Kier molecular flexibility index (Phi) is 4.80. The highest BCUT2D eigenvalue weighted by Crippen LogP contribution is 2.31. The first-order chi connectivity index (χ1) is 9.11. The predicted octanol–water partition coefficient (Wildman–Crippen LogP) is 1.56. The molecule has 5 heteroatoms. The molecule has 0 aromatic heterocycles. The number of methoxy groups -OCH3 is 1. The van der Waals surface area contributed by atoms with E-state index < -0.39 is 11.9 Å². The summed E-state index contributed by atoms with van der Waals surface area (Å²) in [5.74, 6) is -1.77. The lowest BCUT2D eigenvalue weighted by molar-refractivity contribution is -0.149. The summed E-state index contributed by atoms with van der Waals surface area (Å²) in [6.45, 7) is 0. The van der Waals surface area contributed by atoms with Gasteiger partial charge in [0, 0.05) is 13.2 Å². The molecule has 108 valence electrons. The first kappa shape index (κ1) is 14.3. The van der Waals surface area contributed by atoms with Crippen LogP contribution in [0, 0.1) is 11.8 Å². The molecule has 2 rings (SSSR count). The maximum absolute atomic E-state index is 12.2. The molecular weight excluding hydrogens is 246 g/mol. The van der Waals surface area contributed by atoms with E-state index in [1.807, 2.05) is 0 Å². The molecule has 0 aromatic rings. The third-order valence-electron chi connectivity index (χ3n) is 4.48. The van der Waals surface area contributed by atoms with Crippen LogP contribution in [0.4, 0.5) is 0 Å². The van der Waals surface area contributed by atoms with Crippen LogP contribution in [0.5, 0.6) is 0 Å². The molecule has 0 radical (unpaired) electrons. The molecule has 2 aliphatic rings. The van der Waals surface area contributed by atoms with Crippen LogP contribution in [-0.2, 0) is 14.3 Å². The zero-order chi connectivity index (χ0) is 13.8. The van der Waals surface area contributed by atoms with E-state index in [4.69, 9.17) is 4.74 Å². The number of nitrogens with one attached hydrogen (secondary N) is 1. The van der Waals surface area contributed by atoms with Crippen molar-refractivity contribution < 1.29 is 19.4 Å². The number of carbonyl (C=O) groups excluding carboxylic acids is 1. The maximum Gasteiger partial charge on any atom is 0.307 e. The molecular formula is C14H23NO4. The van der Waals surface area contributed by atoms with E-state index >= 15 is 0 Å². The zero-order valence-corrected chi connectivity index (χ0v) is 11.4. The van der Waals surface area contributed by atoms with Gasteiger partial charge in [-0.25, -0.2) is 0 Å². The molecule has 2 N–H and O–H groups in total. The van der Waals surface area contributed by atoms with Crippen LogP contribution in [0.3, 0.4) is 0 Å². The molecule has 1 amide bonds. The van der Waals surface area contributed by atoms with Crippen LogP contribution >= 0.6 is 0 Å². The van der Waals surface area contributed by atoms with Crippen molar-refractivity contribution in [2.45, 2.75) is 57.1 Å². The van der Waals surface area contributed by atoms with Gasteiger partial charge in [0.15, 0.2) is 0 Å². The Morgan fingerprint density at radius 2 is 1.79 bits per heavy atom. The molecule has 4 unspecified atom stereocenters. The van der Waals surface area contributed by atoms with Crippen molar-refractivity contribution in [3.8, 4) is 0 Å². The number of aliphatic carboxylic acids is 1. The summed E-state index contributed by atoms with van der Waals surface area (Å²) in [7, 11) is 1.69. The Hall–Kier alpha value is -1.10. The number of carboxylic acids is 1. The monoisotopic (exact) mass is 269 g/mol. The van der Waals surface area contributed by atoms with E-state index in [1.165, 1.54) is 0 Å². The number of hydrogen-bond donors (Lipinski definition) is 2. The minimum Gasteiger partial charge on any atom is -0.481 e. The van der Waals surface area contributed by atoms with Crippen LogP contribution in [0.25, 0.3) is 0 Å². The van der Waals surface area contributed by atoms with E-state index in [0.29, 0.717) is 12.8 Å². The lowest BCUT2D eigenvalue weighted by atomic mass is 9.78. The van der Waals surface area contributed by atoms with Crippen molar-refractivity contribution in [2.75, 3.05) is 7.11 Å². The Balaban J connectivity index is 1.89. The second kappa shape index (κ2) is 6.37. The molecule has 2 aliphatic carbocycles. The zero-order valence-electron chi connectivity index (χ0n) is 11.4. The van der Waals surface area contributed by atoms with Gasteiger partial charge in [-0.2, -0.15) is 0 Å². The largest absolute Gasteiger partial charge is 0.481 e. The summed E-state index contributed by atoms with van der Waals surface area (Å²) in [6.07, 6.45) is 6.15. The Morgan fingerprint density at radius 1 is 1.11 bits per heavy atom. The van der Waals surface area contributed by atoms with Crippen molar-refractivity contribution >= 4 is 11.9 Å². The molecule has 0 heterocycles. The summed E-state index contributed by atoms with van der Waals surface area (Å²) in [5, 5.41) is 12.2. The molecule has 19 heavy (non-hydrogen) atoms. The average Bonchev–Trinajstić information content (AvgIpc) is 2.86. The van der Waals surface area contributed by atoms with Crippen molar-refractivity contribution in [3.05, 3.63) is 0 Å². The summed E-state index contributed by atoms with van der Waals surface area (Å²) >= 11 is 0. The van der Waals surface area contributed by atoms with Gasteiger partial charge in [-0.1, -0.05) is 12.8 Å². The van der Waals surface area contributed by atoms with Gasteiger partial charge in [0.2, 0.25) is 5.91 Å². The van der Waals surface area contributed by atoms with E-state index in [0.717, 1.165) is 32.1 Å². The first-order valence-electron chi connectivity index (χ1n) is 7.17. The van der Waals surface area contributed by atoms with Crippen LogP contribution in [0.15, 0.2) is 0 Å². The second-order valence-corrected chi connectivity index (χ2v) is 5.71. The van der Waals surface area contributed by atoms with Gasteiger partial charge >= 0.3 is 5.97 Å². The van der Waals surface area contributed by atoms with Gasteiger partial charge < -0.3 is 15.2 Å². The number of ether oxygens (including phenoxy) is 1.